The number of unbranched alkanes of at least 4 members (excludes halogenated alkanes) is 18. The van der Waals surface area contributed by atoms with Crippen molar-refractivity contribution < 1.29 is 21.4 Å². The van der Waals surface area contributed by atoms with Crippen molar-refractivity contribution in [3.05, 3.63) is 5.32 Å². The highest BCUT2D eigenvalue weighted by atomic mass is 35.5. The fourth-order valence-corrected chi connectivity index (χ4v) is 4.88. The zero-order valence-electron chi connectivity index (χ0n) is 30.1. The first-order valence-corrected chi connectivity index (χ1v) is 17.8. The van der Waals surface area contributed by atoms with Crippen LogP contribution in [0, 0.1) is 0 Å². The lowest BCUT2D eigenvalue weighted by atomic mass is 10.1. The van der Waals surface area contributed by atoms with Gasteiger partial charge in [-0.2, -0.15) is 0 Å². The van der Waals surface area contributed by atoms with Crippen molar-refractivity contribution in [2.24, 2.45) is 0 Å². The van der Waals surface area contributed by atoms with Crippen molar-refractivity contribution in [2.75, 3.05) is 68.5 Å². The van der Waals surface area contributed by atoms with Crippen LogP contribution in [0.1, 0.15) is 169 Å². The summed E-state index contributed by atoms with van der Waals surface area (Å²) in [5, 5.41) is 4.71. The van der Waals surface area contributed by atoms with Crippen LogP contribution in [-0.4, -0.2) is 77.4 Å². The highest BCUT2D eigenvalue weighted by Gasteiger charge is 2.02. The molecular weight excluding hydrogens is 510 g/mol. The van der Waals surface area contributed by atoms with E-state index in [-0.39, 0.29) is 12.4 Å². The molecule has 0 saturated carbocycles. The van der Waals surface area contributed by atoms with Crippen molar-refractivity contribution in [3.63, 3.8) is 0 Å². The van der Waals surface area contributed by atoms with E-state index in [9.17, 15) is 0 Å². The molecule has 0 heterocycles. The van der Waals surface area contributed by atoms with E-state index in [1.54, 1.807) is 0 Å². The molecule has 0 aromatic rings. The molecule has 0 amide bonds. The number of quaternary nitrogens is 2. The Morgan fingerprint density at radius 3 is 0.725 bits per heavy atom. The Morgan fingerprint density at radius 2 is 0.550 bits per heavy atom. The van der Waals surface area contributed by atoms with E-state index < -0.39 is 0 Å². The highest BCUT2D eigenvalue weighted by Crippen LogP contribution is 2.12. The zero-order chi connectivity index (χ0) is 30.1. The first-order chi connectivity index (χ1) is 18.5. The van der Waals surface area contributed by atoms with Crippen LogP contribution in [0.2, 0.25) is 0 Å². The second-order valence-corrected chi connectivity index (χ2v) is 14.1. The lowest BCUT2D eigenvalue weighted by Gasteiger charge is -2.22. The third-order valence-corrected chi connectivity index (χ3v) is 7.13. The molecule has 0 rings (SSSR count). The van der Waals surface area contributed by atoms with Gasteiger partial charge < -0.3 is 26.7 Å². The summed E-state index contributed by atoms with van der Waals surface area (Å²) < 4.78 is 2.19. The topological polar surface area (TPSA) is 14.1 Å². The summed E-state index contributed by atoms with van der Waals surface area (Å²) in [6.45, 7) is 13.8. The molecule has 0 bridgehead atoms. The van der Waals surface area contributed by atoms with E-state index in [0.29, 0.717) is 0 Å². The summed E-state index contributed by atoms with van der Waals surface area (Å²) >= 11 is 0. The second-order valence-electron chi connectivity index (χ2n) is 14.1. The van der Waals surface area contributed by atoms with Crippen LogP contribution >= 0.6 is 0 Å². The Morgan fingerprint density at radius 1 is 0.325 bits per heavy atom. The number of hydrogen-bond donors (Lipinski definition) is 0. The first kappa shape index (κ1) is 47.1. The molecule has 0 N–H and O–H groups in total. The van der Waals surface area contributed by atoms with Gasteiger partial charge in [0.25, 0.3) is 0 Å². The summed E-state index contributed by atoms with van der Waals surface area (Å²) in [4.78, 5) is 0. The van der Waals surface area contributed by atoms with Crippen LogP contribution in [-0.2, 0) is 0 Å². The Balaban J connectivity index is -0.000000353. The highest BCUT2D eigenvalue weighted by molar-refractivity contribution is 4.78. The third kappa shape index (κ3) is 57.9. The number of hydrogen-bond acceptors (Lipinski definition) is 0. The van der Waals surface area contributed by atoms with E-state index in [1.165, 1.54) is 154 Å². The van der Waals surface area contributed by atoms with Crippen molar-refractivity contribution in [3.8, 4) is 0 Å². The third-order valence-electron chi connectivity index (χ3n) is 7.13. The molecule has 0 aliphatic heterocycles. The van der Waals surface area contributed by atoms with Gasteiger partial charge in [-0.05, 0) is 12.8 Å². The van der Waals surface area contributed by atoms with E-state index in [0.717, 1.165) is 22.1 Å². The van der Waals surface area contributed by atoms with Gasteiger partial charge in [0, 0.05) is 0 Å². The summed E-state index contributed by atoms with van der Waals surface area (Å²) in [6, 6.07) is 0. The standard InChI is InChI=1S/C24H50N.2C6H16N.ClH/c1-3-5-7-9-11-13-15-17-19-21-23-25-24-22-20-18-16-14-12-10-8-6-4-2;2*1-5-6-7(2,3)4;/h3-24H2,1-2H3;2*5-6H2,1-4H3;1H/q-1;2*+1;/p-1. The SMILES string of the molecule is CCCCCCCCCCCC[N-]CCCCCCCCCCCC.CCC[N+](C)(C)C.CCC[N+](C)(C)C.[Cl-]. The molecule has 0 aromatic carbocycles. The monoisotopic (exact) mass is 592 g/mol. The molecule has 40 heavy (non-hydrogen) atoms. The fraction of sp³-hybridized carbons (Fsp3) is 1.00. The summed E-state index contributed by atoms with van der Waals surface area (Å²) in [7, 11) is 13.3. The van der Waals surface area contributed by atoms with Gasteiger partial charge in [0.2, 0.25) is 0 Å². The van der Waals surface area contributed by atoms with E-state index >= 15 is 0 Å². The van der Waals surface area contributed by atoms with Gasteiger partial charge in [0.05, 0.1) is 55.4 Å². The quantitative estimate of drug-likeness (QED) is 0.0708. The lowest BCUT2D eigenvalue weighted by Crippen LogP contribution is -3.00. The molecule has 0 aromatic heterocycles. The van der Waals surface area contributed by atoms with Gasteiger partial charge in [-0.1, -0.05) is 156 Å². The summed E-state index contributed by atoms with van der Waals surface area (Å²) in [5.41, 5.74) is 0. The summed E-state index contributed by atoms with van der Waals surface area (Å²) in [5.74, 6) is 0. The zero-order valence-corrected chi connectivity index (χ0v) is 30.9. The first-order valence-electron chi connectivity index (χ1n) is 17.8. The van der Waals surface area contributed by atoms with Crippen LogP contribution in [0.5, 0.6) is 0 Å². The molecule has 0 fully saturated rings. The molecule has 0 radical (unpaired) electrons. The Labute approximate surface area is 263 Å². The second kappa shape index (κ2) is 37.2. The maximum atomic E-state index is 4.71. The number of rotatable bonds is 26. The Kier molecular flexibility index (Phi) is 43.8. The molecule has 3 nitrogen and oxygen atoms in total. The van der Waals surface area contributed by atoms with E-state index in [2.05, 4.69) is 70.0 Å². The number of halogens is 1. The van der Waals surface area contributed by atoms with Crippen molar-refractivity contribution in [1.29, 1.82) is 0 Å². The van der Waals surface area contributed by atoms with Gasteiger partial charge in [-0.3, -0.25) is 0 Å². The fourth-order valence-electron chi connectivity index (χ4n) is 4.88. The van der Waals surface area contributed by atoms with Gasteiger partial charge in [0.1, 0.15) is 0 Å². The molecule has 0 aliphatic carbocycles. The van der Waals surface area contributed by atoms with Crippen molar-refractivity contribution in [1.82, 2.24) is 0 Å². The maximum absolute atomic E-state index is 4.71. The van der Waals surface area contributed by atoms with Crippen LogP contribution in [0.3, 0.4) is 0 Å². The maximum Gasteiger partial charge on any atom is 0.0777 e. The molecule has 4 heteroatoms. The molecular formula is C36H82ClN3. The van der Waals surface area contributed by atoms with Crippen LogP contribution in [0.25, 0.3) is 5.32 Å². The van der Waals surface area contributed by atoms with E-state index in [4.69, 9.17) is 5.32 Å². The minimum Gasteiger partial charge on any atom is -1.00 e. The Bertz CT molecular complexity index is 377. The minimum atomic E-state index is 0. The van der Waals surface area contributed by atoms with Crippen LogP contribution in [0.4, 0.5) is 0 Å². The van der Waals surface area contributed by atoms with E-state index in [1.807, 2.05) is 0 Å². The van der Waals surface area contributed by atoms with Crippen LogP contribution < -0.4 is 12.4 Å². The largest absolute Gasteiger partial charge is 1.00 e. The predicted molar refractivity (Wildman–Crippen MR) is 183 cm³/mol. The average Bonchev–Trinajstić information content (AvgIpc) is 2.84. The Hall–Kier alpha value is 0.170. The number of nitrogens with zero attached hydrogens (tertiary/aromatic N) is 3. The predicted octanol–water partition coefficient (Wildman–Crippen LogP) is 8.41. The normalized spacial score (nSPS) is 11.2. The van der Waals surface area contributed by atoms with Gasteiger partial charge in [0.15, 0.2) is 0 Å². The van der Waals surface area contributed by atoms with Gasteiger partial charge in [-0.15, -0.1) is 13.1 Å². The molecule has 0 spiro atoms. The summed E-state index contributed by atoms with van der Waals surface area (Å²) in [6.07, 6.45) is 31.0. The van der Waals surface area contributed by atoms with Crippen molar-refractivity contribution >= 4 is 0 Å². The van der Waals surface area contributed by atoms with Gasteiger partial charge in [-0.25, -0.2) is 0 Å². The van der Waals surface area contributed by atoms with Crippen LogP contribution in [0.15, 0.2) is 0 Å². The van der Waals surface area contributed by atoms with Crippen molar-refractivity contribution in [2.45, 2.75) is 169 Å². The van der Waals surface area contributed by atoms with Gasteiger partial charge >= 0.3 is 0 Å². The lowest BCUT2D eigenvalue weighted by molar-refractivity contribution is -0.870. The molecule has 0 saturated heterocycles. The smallest absolute Gasteiger partial charge is 0.0777 e. The molecule has 248 valence electrons. The molecule has 0 aliphatic rings. The molecule has 0 unspecified atom stereocenters. The average molecular weight is 593 g/mol. The molecule has 0 atom stereocenters. The minimum absolute atomic E-state index is 0.